The van der Waals surface area contributed by atoms with Crippen molar-refractivity contribution in [3.05, 3.63) is 62.7 Å². The fraction of sp³-hybridized carbons (Fsp3) is 0.238. The quantitative estimate of drug-likeness (QED) is 0.437. The lowest BCUT2D eigenvalue weighted by atomic mass is 10.0. The monoisotopic (exact) mass is 492 g/mol. The summed E-state index contributed by atoms with van der Waals surface area (Å²) >= 11 is 7.40. The van der Waals surface area contributed by atoms with Crippen molar-refractivity contribution in [3.8, 4) is 10.6 Å². The number of nitrogens with zero attached hydrogens (tertiary/aromatic N) is 4. The Morgan fingerprint density at radius 3 is 2.82 bits per heavy atom. The second kappa shape index (κ2) is 8.08. The Morgan fingerprint density at radius 2 is 2.03 bits per heavy atom. The molecule has 0 bridgehead atoms. The van der Waals surface area contributed by atoms with Gasteiger partial charge in [-0.15, -0.1) is 11.3 Å². The Labute approximate surface area is 194 Å². The molecule has 1 aliphatic heterocycles. The van der Waals surface area contributed by atoms with Gasteiger partial charge in [0.15, 0.2) is 0 Å². The number of fused-ring (bicyclic) bond motifs is 2. The van der Waals surface area contributed by atoms with Gasteiger partial charge in [0.1, 0.15) is 5.56 Å². The van der Waals surface area contributed by atoms with Gasteiger partial charge in [0.2, 0.25) is 5.95 Å². The van der Waals surface area contributed by atoms with Crippen LogP contribution in [0.3, 0.4) is 0 Å². The Balaban J connectivity index is 1.60. The summed E-state index contributed by atoms with van der Waals surface area (Å²) in [5.41, 5.74) is 0.976. The number of aryl methyl sites for hydroxylation is 1. The minimum absolute atomic E-state index is 0.0303. The zero-order valence-electron chi connectivity index (χ0n) is 17.1. The highest BCUT2D eigenvalue weighted by molar-refractivity contribution is 7.22. The third-order valence-electron chi connectivity index (χ3n) is 5.38. The van der Waals surface area contributed by atoms with Crippen molar-refractivity contribution in [1.82, 2.24) is 25.1 Å². The summed E-state index contributed by atoms with van der Waals surface area (Å²) in [5, 5.41) is 10.8. The van der Waals surface area contributed by atoms with Crippen molar-refractivity contribution >= 4 is 44.7 Å². The fourth-order valence-corrected chi connectivity index (χ4v) is 4.96. The lowest BCUT2D eigenvalue weighted by molar-refractivity contribution is -0.137. The van der Waals surface area contributed by atoms with Crippen LogP contribution in [0.1, 0.15) is 16.7 Å². The van der Waals surface area contributed by atoms with E-state index >= 15 is 0 Å². The van der Waals surface area contributed by atoms with Gasteiger partial charge in [-0.1, -0.05) is 11.6 Å². The zero-order chi connectivity index (χ0) is 23.3. The lowest BCUT2D eigenvalue weighted by Gasteiger charge is -2.19. The van der Waals surface area contributed by atoms with E-state index in [1.54, 1.807) is 0 Å². The van der Waals surface area contributed by atoms with Gasteiger partial charge < -0.3 is 10.6 Å². The van der Waals surface area contributed by atoms with Gasteiger partial charge in [-0.3, -0.25) is 4.79 Å². The van der Waals surface area contributed by atoms with E-state index in [9.17, 15) is 18.0 Å². The number of anilines is 2. The van der Waals surface area contributed by atoms with Crippen LogP contribution >= 0.6 is 22.9 Å². The van der Waals surface area contributed by atoms with E-state index in [0.717, 1.165) is 46.3 Å². The third-order valence-corrected chi connectivity index (χ3v) is 6.77. The molecule has 0 saturated carbocycles. The number of hydrogen-bond donors (Lipinski definition) is 2. The van der Waals surface area contributed by atoms with Crippen LogP contribution in [0, 0.1) is 0 Å². The molecule has 1 aliphatic rings. The van der Waals surface area contributed by atoms with Crippen molar-refractivity contribution in [2.75, 3.05) is 11.9 Å². The molecule has 0 unspecified atom stereocenters. The van der Waals surface area contributed by atoms with Gasteiger partial charge in [-0.25, -0.2) is 14.6 Å². The molecule has 0 saturated heterocycles. The topological polar surface area (TPSA) is 84.7 Å². The van der Waals surface area contributed by atoms with E-state index in [2.05, 4.69) is 25.7 Å². The summed E-state index contributed by atoms with van der Waals surface area (Å²) in [6.45, 7) is 1.53. The first kappa shape index (κ1) is 21.8. The van der Waals surface area contributed by atoms with Crippen molar-refractivity contribution in [3.63, 3.8) is 0 Å². The molecule has 0 spiro atoms. The van der Waals surface area contributed by atoms with Crippen molar-refractivity contribution in [2.45, 2.75) is 19.1 Å². The highest BCUT2D eigenvalue weighted by atomic mass is 35.5. The molecule has 12 heteroatoms. The third kappa shape index (κ3) is 4.07. The number of benzene rings is 1. The molecule has 33 heavy (non-hydrogen) atoms. The molecule has 1 aromatic carbocycles. The number of hydrogen-bond acceptors (Lipinski definition) is 7. The lowest BCUT2D eigenvalue weighted by Crippen LogP contribution is -2.23. The molecule has 2 N–H and O–H groups in total. The first-order valence-corrected chi connectivity index (χ1v) is 11.1. The normalized spacial score (nSPS) is 13.8. The smallest absolute Gasteiger partial charge is 0.323 e. The van der Waals surface area contributed by atoms with Crippen LogP contribution in [-0.4, -0.2) is 26.3 Å². The van der Waals surface area contributed by atoms with Gasteiger partial charge in [0.05, 0.1) is 37.6 Å². The molecule has 170 valence electrons. The van der Waals surface area contributed by atoms with Crippen LogP contribution in [0.15, 0.2) is 35.4 Å². The van der Waals surface area contributed by atoms with Crippen LogP contribution < -0.4 is 16.2 Å². The fourth-order valence-electron chi connectivity index (χ4n) is 3.71. The predicted octanol–water partition coefficient (Wildman–Crippen LogP) is 4.51. The minimum atomic E-state index is -4.68. The van der Waals surface area contributed by atoms with E-state index in [1.807, 2.05) is 12.1 Å². The maximum atomic E-state index is 13.7. The first-order valence-electron chi connectivity index (χ1n) is 9.90. The summed E-state index contributed by atoms with van der Waals surface area (Å²) in [5.74, 6) is -0.0303. The average Bonchev–Trinajstić information content (AvgIpc) is 3.21. The maximum Gasteiger partial charge on any atom is 0.420 e. The van der Waals surface area contributed by atoms with Crippen LogP contribution in [-0.2, 0) is 26.2 Å². The zero-order valence-corrected chi connectivity index (χ0v) is 18.7. The molecule has 4 heterocycles. The highest BCUT2D eigenvalue weighted by Gasteiger charge is 2.36. The number of halogens is 4. The Hall–Kier alpha value is -3.02. The van der Waals surface area contributed by atoms with Crippen LogP contribution in [0.4, 0.5) is 24.8 Å². The maximum absolute atomic E-state index is 13.7. The number of rotatable bonds is 3. The number of nitrogens with one attached hydrogen (secondary N) is 2. The second-order valence-electron chi connectivity index (χ2n) is 7.57. The number of thiophene rings is 1. The summed E-state index contributed by atoms with van der Waals surface area (Å²) < 4.78 is 42.8. The van der Waals surface area contributed by atoms with E-state index in [0.29, 0.717) is 22.0 Å². The average molecular weight is 493 g/mol. The molecule has 0 atom stereocenters. The largest absolute Gasteiger partial charge is 0.420 e. The Morgan fingerprint density at radius 1 is 1.21 bits per heavy atom. The molecular formula is C21H16ClF3N6OS. The summed E-state index contributed by atoms with van der Waals surface area (Å²) in [6, 6.07) is 5.10. The Bertz CT molecular complexity index is 1450. The van der Waals surface area contributed by atoms with Gasteiger partial charge >= 0.3 is 6.18 Å². The van der Waals surface area contributed by atoms with Crippen molar-refractivity contribution < 1.29 is 13.2 Å². The highest BCUT2D eigenvalue weighted by Crippen LogP contribution is 2.40. The summed E-state index contributed by atoms with van der Waals surface area (Å²) in [7, 11) is 1.48. The molecule has 0 radical (unpaired) electrons. The number of aromatic nitrogens is 4. The van der Waals surface area contributed by atoms with Gasteiger partial charge in [0.25, 0.3) is 5.56 Å². The minimum Gasteiger partial charge on any atom is -0.323 e. The van der Waals surface area contributed by atoms with E-state index < -0.39 is 17.3 Å². The van der Waals surface area contributed by atoms with Crippen LogP contribution in [0.5, 0.6) is 0 Å². The molecule has 5 rings (SSSR count). The van der Waals surface area contributed by atoms with Crippen molar-refractivity contribution in [1.29, 1.82) is 0 Å². The van der Waals surface area contributed by atoms with Gasteiger partial charge in [0, 0.05) is 19.8 Å². The van der Waals surface area contributed by atoms with Crippen LogP contribution in [0.25, 0.3) is 20.7 Å². The first-order chi connectivity index (χ1) is 15.7. The molecule has 0 amide bonds. The summed E-state index contributed by atoms with van der Waals surface area (Å²) in [4.78, 5) is 20.6. The molecule has 4 aromatic rings. The molecule has 0 aliphatic carbocycles. The SMILES string of the molecule is Cn1ncc2sc(-c3nc(Nc4cc5c(cc4Cl)CNCC5)ncc3C(F)(F)F)cc2c1=O. The standard InChI is InChI=1S/C21H16ClF3N6OS/c1-31-19(32)12-6-16(33-17(12)9-28-31)18-13(21(23,24)25)8-27-20(30-18)29-15-5-10-2-3-26-7-11(10)4-14(15)22/h4-6,8-9,26H,2-3,7H2,1H3,(H,27,29,30). The van der Waals surface area contributed by atoms with Crippen molar-refractivity contribution in [2.24, 2.45) is 7.05 Å². The van der Waals surface area contributed by atoms with E-state index in [4.69, 9.17) is 11.6 Å². The van der Waals surface area contributed by atoms with Gasteiger partial charge in [-0.2, -0.15) is 18.3 Å². The molecule has 0 fully saturated rings. The predicted molar refractivity (Wildman–Crippen MR) is 121 cm³/mol. The summed E-state index contributed by atoms with van der Waals surface area (Å²) in [6.07, 6.45) is -1.68. The second-order valence-corrected chi connectivity index (χ2v) is 9.06. The van der Waals surface area contributed by atoms with Gasteiger partial charge in [-0.05, 0) is 42.3 Å². The molecular weight excluding hydrogens is 477 g/mol. The van der Waals surface area contributed by atoms with E-state index in [-0.39, 0.29) is 21.9 Å². The molecule has 3 aromatic heterocycles. The van der Waals surface area contributed by atoms with E-state index in [1.165, 1.54) is 19.3 Å². The Kier molecular flexibility index (Phi) is 5.34. The molecule has 7 nitrogen and oxygen atoms in total. The van der Waals surface area contributed by atoms with Crippen LogP contribution in [0.2, 0.25) is 5.02 Å². The number of alkyl halides is 3.